The van der Waals surface area contributed by atoms with Crippen LogP contribution in [0.15, 0.2) is 59.5 Å². The summed E-state index contributed by atoms with van der Waals surface area (Å²) >= 11 is 1.81. The number of piperazine rings is 1. The van der Waals surface area contributed by atoms with E-state index in [1.54, 1.807) is 0 Å². The summed E-state index contributed by atoms with van der Waals surface area (Å²) in [5.74, 6) is 1.07. The van der Waals surface area contributed by atoms with Crippen molar-refractivity contribution in [3.63, 3.8) is 0 Å². The third kappa shape index (κ3) is 4.99. The lowest BCUT2D eigenvalue weighted by atomic mass is 10.1. The predicted octanol–water partition coefficient (Wildman–Crippen LogP) is 3.45. The first-order chi connectivity index (χ1) is 10.8. The molecule has 0 saturated carbocycles. The molecule has 2 aromatic carbocycles. The average molecular weight is 349 g/mol. The number of hydrogen-bond donors (Lipinski definition) is 1. The van der Waals surface area contributed by atoms with Gasteiger partial charge < -0.3 is 10.2 Å². The molecule has 3 nitrogen and oxygen atoms in total. The lowest BCUT2D eigenvalue weighted by molar-refractivity contribution is 0.0736. The number of nitrogens with zero attached hydrogens (tertiary/aromatic N) is 1. The lowest BCUT2D eigenvalue weighted by Gasteiger charge is -2.27. The summed E-state index contributed by atoms with van der Waals surface area (Å²) in [4.78, 5) is 15.6. The smallest absolute Gasteiger partial charge is 0.253 e. The van der Waals surface area contributed by atoms with Gasteiger partial charge in [0.15, 0.2) is 0 Å². The number of rotatable bonds is 4. The van der Waals surface area contributed by atoms with Crippen molar-refractivity contribution >= 4 is 30.1 Å². The molecule has 1 aliphatic heterocycles. The quantitative estimate of drug-likeness (QED) is 0.859. The summed E-state index contributed by atoms with van der Waals surface area (Å²) < 4.78 is 0. The molecule has 122 valence electrons. The topological polar surface area (TPSA) is 32.3 Å². The molecule has 0 aromatic heterocycles. The molecule has 1 heterocycles. The molecule has 0 spiro atoms. The van der Waals surface area contributed by atoms with Crippen LogP contribution in [0.4, 0.5) is 0 Å². The summed E-state index contributed by atoms with van der Waals surface area (Å²) in [5.41, 5.74) is 2.03. The van der Waals surface area contributed by atoms with E-state index in [-0.39, 0.29) is 18.3 Å². The molecule has 0 bridgehead atoms. The molecule has 3 rings (SSSR count). The molecular weight excluding hydrogens is 328 g/mol. The van der Waals surface area contributed by atoms with Gasteiger partial charge in [-0.25, -0.2) is 0 Å². The van der Waals surface area contributed by atoms with Crippen LogP contribution >= 0.6 is 24.2 Å². The van der Waals surface area contributed by atoms with Crippen molar-refractivity contribution in [2.45, 2.75) is 10.6 Å². The van der Waals surface area contributed by atoms with Crippen molar-refractivity contribution in [2.75, 3.05) is 26.2 Å². The highest BCUT2D eigenvalue weighted by Gasteiger charge is 2.17. The van der Waals surface area contributed by atoms with Crippen LogP contribution in [0.25, 0.3) is 0 Å². The Balaban J connectivity index is 0.00000192. The van der Waals surface area contributed by atoms with Crippen LogP contribution in [0.3, 0.4) is 0 Å². The minimum absolute atomic E-state index is 0. The number of carbonyl (C=O) groups excluding carboxylic acids is 1. The van der Waals surface area contributed by atoms with Gasteiger partial charge in [-0.05, 0) is 29.8 Å². The number of nitrogens with one attached hydrogen (secondary N) is 1. The predicted molar refractivity (Wildman–Crippen MR) is 98.5 cm³/mol. The fourth-order valence-corrected chi connectivity index (χ4v) is 3.35. The fraction of sp³-hybridized carbons (Fsp3) is 0.278. The zero-order chi connectivity index (χ0) is 15.2. The van der Waals surface area contributed by atoms with Gasteiger partial charge in [-0.1, -0.05) is 30.3 Å². The molecule has 0 unspecified atom stereocenters. The summed E-state index contributed by atoms with van der Waals surface area (Å²) in [6.45, 7) is 3.37. The molecule has 1 saturated heterocycles. The number of carbonyl (C=O) groups is 1. The molecule has 5 heteroatoms. The maximum atomic E-state index is 12.4. The normalized spacial score (nSPS) is 14.2. The summed E-state index contributed by atoms with van der Waals surface area (Å²) in [6, 6.07) is 18.4. The SMILES string of the molecule is Cl.O=C(c1ccc(CSc2ccccc2)cc1)N1CCNCC1. The zero-order valence-electron chi connectivity index (χ0n) is 12.9. The van der Waals surface area contributed by atoms with E-state index in [1.807, 2.05) is 34.9 Å². The van der Waals surface area contributed by atoms with Gasteiger partial charge in [0.1, 0.15) is 0 Å². The Labute approximate surface area is 147 Å². The van der Waals surface area contributed by atoms with Crippen molar-refractivity contribution in [1.82, 2.24) is 10.2 Å². The van der Waals surface area contributed by atoms with E-state index >= 15 is 0 Å². The molecule has 1 aliphatic rings. The Morgan fingerprint density at radius 2 is 1.65 bits per heavy atom. The van der Waals surface area contributed by atoms with E-state index in [0.29, 0.717) is 0 Å². The van der Waals surface area contributed by atoms with E-state index in [1.165, 1.54) is 10.5 Å². The molecule has 0 radical (unpaired) electrons. The Morgan fingerprint density at radius 1 is 1.00 bits per heavy atom. The molecule has 1 amide bonds. The third-order valence-corrected chi connectivity index (χ3v) is 4.84. The van der Waals surface area contributed by atoms with E-state index in [2.05, 4.69) is 41.7 Å². The number of benzene rings is 2. The van der Waals surface area contributed by atoms with Crippen LogP contribution in [-0.4, -0.2) is 37.0 Å². The van der Waals surface area contributed by atoms with Gasteiger partial charge in [0, 0.05) is 42.4 Å². The molecule has 23 heavy (non-hydrogen) atoms. The minimum Gasteiger partial charge on any atom is -0.336 e. The Hall–Kier alpha value is -1.49. The standard InChI is InChI=1S/C18H20N2OS.ClH/c21-18(20-12-10-19-11-13-20)16-8-6-15(7-9-16)14-22-17-4-2-1-3-5-17;/h1-9,19H,10-14H2;1H. The number of hydrogen-bond acceptors (Lipinski definition) is 3. The fourth-order valence-electron chi connectivity index (χ4n) is 2.48. The third-order valence-electron chi connectivity index (χ3n) is 3.75. The van der Waals surface area contributed by atoms with Gasteiger partial charge in [-0.3, -0.25) is 4.79 Å². The van der Waals surface area contributed by atoms with Gasteiger partial charge in [0.2, 0.25) is 0 Å². The van der Waals surface area contributed by atoms with Crippen LogP contribution in [0.2, 0.25) is 0 Å². The number of halogens is 1. The Kier molecular flexibility index (Phi) is 6.96. The van der Waals surface area contributed by atoms with Crippen molar-refractivity contribution in [2.24, 2.45) is 0 Å². The largest absolute Gasteiger partial charge is 0.336 e. The maximum absolute atomic E-state index is 12.4. The van der Waals surface area contributed by atoms with Crippen molar-refractivity contribution in [1.29, 1.82) is 0 Å². The first kappa shape index (κ1) is 17.9. The monoisotopic (exact) mass is 348 g/mol. The molecule has 0 atom stereocenters. The van der Waals surface area contributed by atoms with E-state index in [0.717, 1.165) is 37.5 Å². The van der Waals surface area contributed by atoms with Gasteiger partial charge in [-0.15, -0.1) is 24.2 Å². The molecular formula is C18H21ClN2OS. The lowest BCUT2D eigenvalue weighted by Crippen LogP contribution is -2.46. The van der Waals surface area contributed by atoms with Gasteiger partial charge >= 0.3 is 0 Å². The first-order valence-corrected chi connectivity index (χ1v) is 8.58. The summed E-state index contributed by atoms with van der Waals surface area (Å²) in [5, 5.41) is 3.27. The van der Waals surface area contributed by atoms with E-state index in [9.17, 15) is 4.79 Å². The number of amides is 1. The Bertz CT molecular complexity index is 613. The first-order valence-electron chi connectivity index (χ1n) is 7.60. The van der Waals surface area contributed by atoms with Gasteiger partial charge in [0.05, 0.1) is 0 Å². The van der Waals surface area contributed by atoms with Crippen molar-refractivity contribution < 1.29 is 4.79 Å². The van der Waals surface area contributed by atoms with Crippen LogP contribution in [0.5, 0.6) is 0 Å². The van der Waals surface area contributed by atoms with Crippen molar-refractivity contribution in [3.05, 3.63) is 65.7 Å². The second-order valence-corrected chi connectivity index (χ2v) is 6.39. The zero-order valence-corrected chi connectivity index (χ0v) is 14.5. The highest BCUT2D eigenvalue weighted by Crippen LogP contribution is 2.22. The van der Waals surface area contributed by atoms with Gasteiger partial charge in [0.25, 0.3) is 5.91 Å². The van der Waals surface area contributed by atoms with E-state index < -0.39 is 0 Å². The molecule has 1 fully saturated rings. The highest BCUT2D eigenvalue weighted by molar-refractivity contribution is 7.98. The van der Waals surface area contributed by atoms with E-state index in [4.69, 9.17) is 0 Å². The molecule has 0 aliphatic carbocycles. The van der Waals surface area contributed by atoms with Crippen molar-refractivity contribution in [3.8, 4) is 0 Å². The Morgan fingerprint density at radius 3 is 2.30 bits per heavy atom. The second kappa shape index (κ2) is 8.96. The molecule has 1 N–H and O–H groups in total. The average Bonchev–Trinajstić information content (AvgIpc) is 2.61. The van der Waals surface area contributed by atoms with Crippen LogP contribution in [0, 0.1) is 0 Å². The van der Waals surface area contributed by atoms with Crippen LogP contribution < -0.4 is 5.32 Å². The minimum atomic E-state index is 0. The maximum Gasteiger partial charge on any atom is 0.253 e. The summed E-state index contributed by atoms with van der Waals surface area (Å²) in [6.07, 6.45) is 0. The second-order valence-electron chi connectivity index (χ2n) is 5.34. The highest BCUT2D eigenvalue weighted by atomic mass is 35.5. The summed E-state index contributed by atoms with van der Waals surface area (Å²) in [7, 11) is 0. The van der Waals surface area contributed by atoms with Crippen LogP contribution in [0.1, 0.15) is 15.9 Å². The van der Waals surface area contributed by atoms with Gasteiger partial charge in [-0.2, -0.15) is 0 Å². The van der Waals surface area contributed by atoms with Crippen LogP contribution in [-0.2, 0) is 5.75 Å². The molecule has 2 aromatic rings. The number of thioether (sulfide) groups is 1.